The molecule has 0 aliphatic heterocycles. The topological polar surface area (TPSA) is 26.0 Å². The van der Waals surface area contributed by atoms with E-state index in [4.69, 9.17) is 17.3 Å². The molecule has 1 saturated carbocycles. The second-order valence-electron chi connectivity index (χ2n) is 3.80. The van der Waals surface area contributed by atoms with Crippen molar-refractivity contribution in [1.29, 1.82) is 0 Å². The van der Waals surface area contributed by atoms with E-state index in [1.54, 1.807) is 0 Å². The molecule has 15 heavy (non-hydrogen) atoms. The first-order valence-corrected chi connectivity index (χ1v) is 4.84. The summed E-state index contributed by atoms with van der Waals surface area (Å²) >= 11 is 5.47. The first-order chi connectivity index (χ1) is 6.93. The van der Waals surface area contributed by atoms with Gasteiger partial charge in [0.15, 0.2) is 0 Å². The number of hydrogen-bond donors (Lipinski definition) is 1. The number of alkyl halides is 2. The maximum absolute atomic E-state index is 13.1. The van der Waals surface area contributed by atoms with Gasteiger partial charge in [-0.25, -0.2) is 13.2 Å². The average Bonchev–Trinajstić information content (AvgIpc) is 2.75. The highest BCUT2D eigenvalue weighted by atomic mass is 35.5. The highest BCUT2D eigenvalue weighted by molar-refractivity contribution is 6.30. The van der Waals surface area contributed by atoms with Gasteiger partial charge in [-0.1, -0.05) is 17.7 Å². The highest BCUT2D eigenvalue weighted by Crippen LogP contribution is 2.60. The molecule has 0 heterocycles. The number of benzene rings is 1. The van der Waals surface area contributed by atoms with E-state index in [1.807, 2.05) is 0 Å². The fourth-order valence-corrected chi connectivity index (χ4v) is 1.90. The molecule has 0 radical (unpaired) electrons. The van der Waals surface area contributed by atoms with Crippen LogP contribution in [0.25, 0.3) is 0 Å². The molecule has 0 bridgehead atoms. The Kier molecular flexibility index (Phi) is 2.24. The Morgan fingerprint density at radius 2 is 2.00 bits per heavy atom. The van der Waals surface area contributed by atoms with E-state index in [-0.39, 0.29) is 23.6 Å². The lowest BCUT2D eigenvalue weighted by molar-refractivity contribution is 0.0895. The van der Waals surface area contributed by atoms with Crippen molar-refractivity contribution in [3.63, 3.8) is 0 Å². The van der Waals surface area contributed by atoms with E-state index in [0.717, 1.165) is 6.07 Å². The molecular formula is C10H9ClF3N. The van der Waals surface area contributed by atoms with Gasteiger partial charge in [0, 0.05) is 13.0 Å². The van der Waals surface area contributed by atoms with Gasteiger partial charge in [0.05, 0.1) is 10.4 Å². The van der Waals surface area contributed by atoms with E-state index in [9.17, 15) is 13.2 Å². The van der Waals surface area contributed by atoms with E-state index in [0.29, 0.717) is 0 Å². The first-order valence-electron chi connectivity index (χ1n) is 4.46. The number of rotatable bonds is 2. The molecule has 1 aliphatic carbocycles. The van der Waals surface area contributed by atoms with E-state index in [2.05, 4.69) is 0 Å². The summed E-state index contributed by atoms with van der Waals surface area (Å²) in [5.41, 5.74) is 4.16. The second kappa shape index (κ2) is 3.12. The van der Waals surface area contributed by atoms with Crippen molar-refractivity contribution in [3.05, 3.63) is 34.6 Å². The maximum Gasteiger partial charge on any atom is 0.260 e. The van der Waals surface area contributed by atoms with E-state index < -0.39 is 17.2 Å². The van der Waals surface area contributed by atoms with Crippen LogP contribution >= 0.6 is 11.6 Å². The summed E-state index contributed by atoms with van der Waals surface area (Å²) in [5, 5.41) is -0.0742. The average molecular weight is 236 g/mol. The third-order valence-electron chi connectivity index (χ3n) is 2.92. The minimum absolute atomic E-state index is 0.0742. The van der Waals surface area contributed by atoms with Crippen molar-refractivity contribution in [2.24, 2.45) is 5.73 Å². The minimum atomic E-state index is -2.83. The largest absolute Gasteiger partial charge is 0.329 e. The Morgan fingerprint density at radius 1 is 1.40 bits per heavy atom. The van der Waals surface area contributed by atoms with Crippen molar-refractivity contribution < 1.29 is 13.2 Å². The van der Waals surface area contributed by atoms with Crippen molar-refractivity contribution in [2.45, 2.75) is 17.8 Å². The molecule has 0 aromatic heterocycles. The summed E-state index contributed by atoms with van der Waals surface area (Å²) in [6, 6.07) is 3.72. The van der Waals surface area contributed by atoms with Crippen LogP contribution in [-0.4, -0.2) is 12.5 Å². The fraction of sp³-hybridized carbons (Fsp3) is 0.400. The summed E-state index contributed by atoms with van der Waals surface area (Å²) in [6.45, 7) is -0.193. The predicted molar refractivity (Wildman–Crippen MR) is 51.7 cm³/mol. The number of nitrogens with two attached hydrogens (primary N) is 1. The van der Waals surface area contributed by atoms with Crippen LogP contribution in [0.3, 0.4) is 0 Å². The normalized spacial score (nSPS) is 27.8. The molecule has 1 aromatic rings. The zero-order valence-electron chi connectivity index (χ0n) is 7.74. The Hall–Kier alpha value is -0.740. The van der Waals surface area contributed by atoms with Crippen molar-refractivity contribution in [3.8, 4) is 0 Å². The molecule has 2 N–H and O–H groups in total. The predicted octanol–water partition coefficient (Wildman–Crippen LogP) is 2.71. The minimum Gasteiger partial charge on any atom is -0.329 e. The molecule has 1 nitrogen and oxygen atoms in total. The molecule has 1 atom stereocenters. The molecular weight excluding hydrogens is 227 g/mol. The molecule has 1 aromatic carbocycles. The fourth-order valence-electron chi connectivity index (χ4n) is 1.78. The maximum atomic E-state index is 13.1. The quantitative estimate of drug-likeness (QED) is 0.838. The van der Waals surface area contributed by atoms with Crippen LogP contribution in [0.15, 0.2) is 18.2 Å². The van der Waals surface area contributed by atoms with Gasteiger partial charge in [-0.2, -0.15) is 0 Å². The first kappa shape index (κ1) is 10.8. The summed E-state index contributed by atoms with van der Waals surface area (Å²) in [5.74, 6) is -3.52. The molecule has 1 fully saturated rings. The molecule has 0 saturated heterocycles. The highest BCUT2D eigenvalue weighted by Gasteiger charge is 2.71. The molecule has 2 rings (SSSR count). The van der Waals surface area contributed by atoms with Crippen LogP contribution in [0, 0.1) is 5.82 Å². The summed E-state index contributed by atoms with van der Waals surface area (Å²) < 4.78 is 39.4. The van der Waals surface area contributed by atoms with Crippen LogP contribution in [-0.2, 0) is 5.41 Å². The smallest absolute Gasteiger partial charge is 0.260 e. The SMILES string of the molecule is NCC1(c2ccc(Cl)c(F)c2)CC1(F)F. The summed E-state index contributed by atoms with van der Waals surface area (Å²) in [4.78, 5) is 0. The third kappa shape index (κ3) is 1.43. The molecule has 0 spiro atoms. The lowest BCUT2D eigenvalue weighted by atomic mass is 9.95. The van der Waals surface area contributed by atoms with Crippen molar-refractivity contribution in [2.75, 3.05) is 6.54 Å². The van der Waals surface area contributed by atoms with Gasteiger partial charge < -0.3 is 5.73 Å². The Balaban J connectivity index is 2.42. The van der Waals surface area contributed by atoms with Gasteiger partial charge >= 0.3 is 0 Å². The summed E-state index contributed by atoms with van der Waals surface area (Å²) in [6.07, 6.45) is -0.322. The number of halogens is 4. The van der Waals surface area contributed by atoms with Gasteiger partial charge in [0.2, 0.25) is 0 Å². The van der Waals surface area contributed by atoms with E-state index >= 15 is 0 Å². The number of hydrogen-bond acceptors (Lipinski definition) is 1. The standard InChI is InChI=1S/C10H9ClF3N/c11-7-2-1-6(3-8(7)12)9(5-15)4-10(9,13)14/h1-3H,4-5,15H2. The zero-order chi connectivity index (χ0) is 11.3. The summed E-state index contributed by atoms with van der Waals surface area (Å²) in [7, 11) is 0. The van der Waals surface area contributed by atoms with Crippen molar-refractivity contribution >= 4 is 11.6 Å². The molecule has 82 valence electrons. The van der Waals surface area contributed by atoms with Crippen LogP contribution in [0.2, 0.25) is 5.02 Å². The van der Waals surface area contributed by atoms with Gasteiger partial charge in [0.1, 0.15) is 5.82 Å². The molecule has 5 heteroatoms. The lowest BCUT2D eigenvalue weighted by Gasteiger charge is -2.14. The second-order valence-corrected chi connectivity index (χ2v) is 4.20. The van der Waals surface area contributed by atoms with Crippen LogP contribution < -0.4 is 5.73 Å². The molecule has 1 aliphatic rings. The molecule has 1 unspecified atom stereocenters. The Bertz CT molecular complexity index is 408. The van der Waals surface area contributed by atoms with Gasteiger partial charge in [-0.3, -0.25) is 0 Å². The van der Waals surface area contributed by atoms with Gasteiger partial charge in [0.25, 0.3) is 5.92 Å². The van der Waals surface area contributed by atoms with Crippen LogP contribution in [0.4, 0.5) is 13.2 Å². The third-order valence-corrected chi connectivity index (χ3v) is 3.23. The van der Waals surface area contributed by atoms with Crippen LogP contribution in [0.5, 0.6) is 0 Å². The van der Waals surface area contributed by atoms with Gasteiger partial charge in [-0.05, 0) is 17.7 Å². The van der Waals surface area contributed by atoms with Crippen LogP contribution in [0.1, 0.15) is 12.0 Å². The molecule has 0 amide bonds. The zero-order valence-corrected chi connectivity index (χ0v) is 8.49. The monoisotopic (exact) mass is 235 g/mol. The Labute approximate surface area is 90.0 Å². The van der Waals surface area contributed by atoms with Gasteiger partial charge in [-0.15, -0.1) is 0 Å². The van der Waals surface area contributed by atoms with E-state index in [1.165, 1.54) is 12.1 Å². The lowest BCUT2D eigenvalue weighted by Crippen LogP contribution is -2.26. The van der Waals surface area contributed by atoms with Crippen molar-refractivity contribution in [1.82, 2.24) is 0 Å². The Morgan fingerprint density at radius 3 is 2.40 bits per heavy atom.